The third-order valence-corrected chi connectivity index (χ3v) is 2.90. The maximum Gasteiger partial charge on any atom is 0.0675 e. The molecule has 1 N–H and O–H groups in total. The molecule has 0 saturated heterocycles. The van der Waals surface area contributed by atoms with Gasteiger partial charge in [-0.1, -0.05) is 19.3 Å². The third kappa shape index (κ3) is 6.16. The van der Waals surface area contributed by atoms with Gasteiger partial charge < -0.3 is 10.1 Å². The van der Waals surface area contributed by atoms with Gasteiger partial charge in [0.1, 0.15) is 0 Å². The van der Waals surface area contributed by atoms with Crippen molar-refractivity contribution in [3.63, 3.8) is 0 Å². The Morgan fingerprint density at radius 2 is 1.80 bits per heavy atom. The molecule has 1 unspecified atom stereocenters. The van der Waals surface area contributed by atoms with Crippen LogP contribution >= 0.6 is 0 Å². The lowest BCUT2D eigenvalue weighted by Crippen LogP contribution is -2.41. The standard InChI is InChI=1S/C13H27NO/c1-11(10-14-13(2,3)4)15-12-8-6-5-7-9-12/h11-12,14H,5-10H2,1-4H3. The zero-order chi connectivity index (χ0) is 11.3. The van der Waals surface area contributed by atoms with E-state index in [0.717, 1.165) is 6.54 Å². The second-order valence-corrected chi connectivity index (χ2v) is 5.84. The van der Waals surface area contributed by atoms with Crippen LogP contribution in [0.2, 0.25) is 0 Å². The topological polar surface area (TPSA) is 21.3 Å². The van der Waals surface area contributed by atoms with Gasteiger partial charge >= 0.3 is 0 Å². The van der Waals surface area contributed by atoms with Crippen molar-refractivity contribution in [3.05, 3.63) is 0 Å². The van der Waals surface area contributed by atoms with Crippen molar-refractivity contribution in [1.29, 1.82) is 0 Å². The molecule has 1 saturated carbocycles. The van der Waals surface area contributed by atoms with Gasteiger partial charge in [-0.05, 0) is 40.5 Å². The second-order valence-electron chi connectivity index (χ2n) is 5.84. The van der Waals surface area contributed by atoms with Crippen molar-refractivity contribution < 1.29 is 4.74 Å². The van der Waals surface area contributed by atoms with Gasteiger partial charge in [-0.25, -0.2) is 0 Å². The van der Waals surface area contributed by atoms with Gasteiger partial charge in [0.05, 0.1) is 12.2 Å². The summed E-state index contributed by atoms with van der Waals surface area (Å²) in [6.45, 7) is 9.72. The summed E-state index contributed by atoms with van der Waals surface area (Å²) in [5.41, 5.74) is 0.199. The SMILES string of the molecule is CC(CNC(C)(C)C)OC1CCCCC1. The van der Waals surface area contributed by atoms with Crippen LogP contribution in [0.15, 0.2) is 0 Å². The highest BCUT2D eigenvalue weighted by Gasteiger charge is 2.17. The second kappa shape index (κ2) is 5.86. The van der Waals surface area contributed by atoms with Gasteiger partial charge in [0.25, 0.3) is 0 Å². The zero-order valence-electron chi connectivity index (χ0n) is 10.8. The Hall–Kier alpha value is -0.0800. The molecule has 2 heteroatoms. The molecule has 1 fully saturated rings. The number of ether oxygens (including phenoxy) is 1. The van der Waals surface area contributed by atoms with Crippen LogP contribution in [0.1, 0.15) is 59.8 Å². The third-order valence-electron chi connectivity index (χ3n) is 2.90. The van der Waals surface area contributed by atoms with Crippen molar-refractivity contribution in [3.8, 4) is 0 Å². The Balaban J connectivity index is 2.14. The summed E-state index contributed by atoms with van der Waals surface area (Å²) in [5.74, 6) is 0. The smallest absolute Gasteiger partial charge is 0.0675 e. The van der Waals surface area contributed by atoms with Gasteiger partial charge in [-0.2, -0.15) is 0 Å². The molecule has 0 aromatic rings. The van der Waals surface area contributed by atoms with Crippen molar-refractivity contribution in [2.24, 2.45) is 0 Å². The first kappa shape index (κ1) is 13.0. The molecular formula is C13H27NO. The lowest BCUT2D eigenvalue weighted by molar-refractivity contribution is -0.0219. The molecule has 0 amide bonds. The summed E-state index contributed by atoms with van der Waals surface area (Å²) in [6.07, 6.45) is 7.49. The van der Waals surface area contributed by atoms with E-state index in [-0.39, 0.29) is 5.54 Å². The van der Waals surface area contributed by atoms with E-state index < -0.39 is 0 Å². The molecule has 1 rings (SSSR count). The zero-order valence-corrected chi connectivity index (χ0v) is 10.8. The van der Waals surface area contributed by atoms with Crippen LogP contribution in [0.3, 0.4) is 0 Å². The van der Waals surface area contributed by atoms with Gasteiger partial charge in [0, 0.05) is 12.1 Å². The van der Waals surface area contributed by atoms with E-state index in [0.29, 0.717) is 12.2 Å². The maximum absolute atomic E-state index is 6.02. The van der Waals surface area contributed by atoms with Crippen molar-refractivity contribution in [1.82, 2.24) is 5.32 Å². The first-order chi connectivity index (χ1) is 6.97. The normalized spacial score (nSPS) is 21.6. The largest absolute Gasteiger partial charge is 0.374 e. The predicted octanol–water partition coefficient (Wildman–Crippen LogP) is 3.11. The Morgan fingerprint density at radius 3 is 2.33 bits per heavy atom. The number of hydrogen-bond donors (Lipinski definition) is 1. The molecule has 0 aromatic heterocycles. The van der Waals surface area contributed by atoms with Crippen LogP contribution in [0, 0.1) is 0 Å². The molecule has 90 valence electrons. The summed E-state index contributed by atoms with van der Waals surface area (Å²) in [7, 11) is 0. The van der Waals surface area contributed by atoms with Gasteiger partial charge in [0.15, 0.2) is 0 Å². The van der Waals surface area contributed by atoms with E-state index in [4.69, 9.17) is 4.74 Å². The van der Waals surface area contributed by atoms with E-state index in [1.165, 1.54) is 32.1 Å². The first-order valence-corrected chi connectivity index (χ1v) is 6.38. The average Bonchev–Trinajstić information content (AvgIpc) is 2.15. The van der Waals surface area contributed by atoms with Crippen LogP contribution < -0.4 is 5.32 Å². The van der Waals surface area contributed by atoms with Gasteiger partial charge in [0.2, 0.25) is 0 Å². The summed E-state index contributed by atoms with van der Waals surface area (Å²) in [4.78, 5) is 0. The fourth-order valence-corrected chi connectivity index (χ4v) is 2.03. The van der Waals surface area contributed by atoms with E-state index in [2.05, 4.69) is 33.0 Å². The van der Waals surface area contributed by atoms with Gasteiger partial charge in [-0.3, -0.25) is 0 Å². The quantitative estimate of drug-likeness (QED) is 0.775. The molecule has 1 aliphatic carbocycles. The Bertz CT molecular complexity index is 168. The Kier molecular flexibility index (Phi) is 5.07. The van der Waals surface area contributed by atoms with Crippen molar-refractivity contribution in [2.45, 2.75) is 77.5 Å². The van der Waals surface area contributed by atoms with Crippen molar-refractivity contribution >= 4 is 0 Å². The van der Waals surface area contributed by atoms with Crippen LogP contribution in [-0.2, 0) is 4.74 Å². The van der Waals surface area contributed by atoms with E-state index in [9.17, 15) is 0 Å². The highest BCUT2D eigenvalue weighted by molar-refractivity contribution is 4.73. The average molecular weight is 213 g/mol. The molecule has 1 atom stereocenters. The Morgan fingerprint density at radius 1 is 1.20 bits per heavy atom. The molecule has 0 spiro atoms. The molecule has 0 aliphatic heterocycles. The molecule has 2 nitrogen and oxygen atoms in total. The summed E-state index contributed by atoms with van der Waals surface area (Å²) < 4.78 is 6.02. The minimum Gasteiger partial charge on any atom is -0.374 e. The summed E-state index contributed by atoms with van der Waals surface area (Å²) >= 11 is 0. The molecule has 0 bridgehead atoms. The summed E-state index contributed by atoms with van der Waals surface area (Å²) in [6, 6.07) is 0. The first-order valence-electron chi connectivity index (χ1n) is 6.38. The number of nitrogens with one attached hydrogen (secondary N) is 1. The maximum atomic E-state index is 6.02. The fraction of sp³-hybridized carbons (Fsp3) is 1.00. The van der Waals surface area contributed by atoms with Gasteiger partial charge in [-0.15, -0.1) is 0 Å². The predicted molar refractivity (Wildman–Crippen MR) is 65.2 cm³/mol. The highest BCUT2D eigenvalue weighted by Crippen LogP contribution is 2.21. The molecular weight excluding hydrogens is 186 g/mol. The van der Waals surface area contributed by atoms with Crippen LogP contribution in [0.25, 0.3) is 0 Å². The van der Waals surface area contributed by atoms with E-state index >= 15 is 0 Å². The number of hydrogen-bond acceptors (Lipinski definition) is 2. The molecule has 15 heavy (non-hydrogen) atoms. The fourth-order valence-electron chi connectivity index (χ4n) is 2.03. The van der Waals surface area contributed by atoms with E-state index in [1.54, 1.807) is 0 Å². The molecule has 0 heterocycles. The monoisotopic (exact) mass is 213 g/mol. The number of rotatable bonds is 4. The van der Waals surface area contributed by atoms with E-state index in [1.807, 2.05) is 0 Å². The lowest BCUT2D eigenvalue weighted by Gasteiger charge is -2.28. The van der Waals surface area contributed by atoms with Crippen molar-refractivity contribution in [2.75, 3.05) is 6.54 Å². The minimum absolute atomic E-state index is 0.199. The van der Waals surface area contributed by atoms with Crippen LogP contribution in [0.4, 0.5) is 0 Å². The van der Waals surface area contributed by atoms with Crippen LogP contribution in [-0.4, -0.2) is 24.3 Å². The van der Waals surface area contributed by atoms with Crippen LogP contribution in [0.5, 0.6) is 0 Å². The highest BCUT2D eigenvalue weighted by atomic mass is 16.5. The Labute approximate surface area is 94.8 Å². The minimum atomic E-state index is 0.199. The molecule has 1 aliphatic rings. The lowest BCUT2D eigenvalue weighted by atomic mass is 9.97. The molecule has 0 aromatic carbocycles. The molecule has 0 radical (unpaired) electrons. The summed E-state index contributed by atoms with van der Waals surface area (Å²) in [5, 5.41) is 3.49.